The van der Waals surface area contributed by atoms with Crippen LogP contribution in [-0.4, -0.2) is 48.1 Å². The second-order valence-electron chi connectivity index (χ2n) is 8.17. The average molecular weight is 456 g/mol. The molecule has 1 aliphatic rings. The monoisotopic (exact) mass is 455 g/mol. The lowest BCUT2D eigenvalue weighted by Crippen LogP contribution is -2.41. The second-order valence-corrected chi connectivity index (χ2v) is 8.17. The van der Waals surface area contributed by atoms with Gasteiger partial charge in [0.1, 0.15) is 12.4 Å². The number of hydrogen-bond donors (Lipinski definition) is 1. The fourth-order valence-corrected chi connectivity index (χ4v) is 3.82. The van der Waals surface area contributed by atoms with Gasteiger partial charge >= 0.3 is 0 Å². The van der Waals surface area contributed by atoms with Crippen LogP contribution in [0.2, 0.25) is 0 Å². The fourth-order valence-electron chi connectivity index (χ4n) is 3.82. The first-order valence-corrected chi connectivity index (χ1v) is 11.0. The minimum absolute atomic E-state index is 0.00163. The van der Waals surface area contributed by atoms with Gasteiger partial charge in [0.05, 0.1) is 18.2 Å². The van der Waals surface area contributed by atoms with Crippen molar-refractivity contribution in [2.75, 3.05) is 31.2 Å². The Balaban J connectivity index is 1.64. The SMILES string of the molecule is Cc1ccc(-c2cc(C(=O)NCCc3cnc(C)nc3)cc(N3CCOCC3=O)c2)c(C#N)c1. The number of amides is 2. The van der Waals surface area contributed by atoms with E-state index in [1.54, 1.807) is 29.4 Å². The zero-order valence-electron chi connectivity index (χ0n) is 19.2. The topological polar surface area (TPSA) is 108 Å². The van der Waals surface area contributed by atoms with Crippen molar-refractivity contribution in [2.45, 2.75) is 20.3 Å². The lowest BCUT2D eigenvalue weighted by Gasteiger charge is -2.27. The lowest BCUT2D eigenvalue weighted by molar-refractivity contribution is -0.125. The number of benzene rings is 2. The molecule has 2 aromatic carbocycles. The number of nitrogens with zero attached hydrogens (tertiary/aromatic N) is 4. The zero-order chi connectivity index (χ0) is 24.1. The van der Waals surface area contributed by atoms with Crippen LogP contribution in [0.5, 0.6) is 0 Å². The van der Waals surface area contributed by atoms with E-state index in [4.69, 9.17) is 4.74 Å². The first-order valence-electron chi connectivity index (χ1n) is 11.0. The number of morpholine rings is 1. The van der Waals surface area contributed by atoms with Crippen LogP contribution in [0.15, 0.2) is 48.8 Å². The van der Waals surface area contributed by atoms with E-state index in [2.05, 4.69) is 21.4 Å². The molecule has 3 aromatic rings. The van der Waals surface area contributed by atoms with Crippen LogP contribution in [0.4, 0.5) is 5.69 Å². The highest BCUT2D eigenvalue weighted by Crippen LogP contribution is 2.30. The molecule has 0 radical (unpaired) electrons. The summed E-state index contributed by atoms with van der Waals surface area (Å²) >= 11 is 0. The molecule has 1 saturated heterocycles. The molecule has 0 spiro atoms. The summed E-state index contributed by atoms with van der Waals surface area (Å²) in [5, 5.41) is 12.6. The quantitative estimate of drug-likeness (QED) is 0.612. The molecular weight excluding hydrogens is 430 g/mol. The van der Waals surface area contributed by atoms with Crippen molar-refractivity contribution >= 4 is 17.5 Å². The molecule has 1 fully saturated rings. The van der Waals surface area contributed by atoms with Gasteiger partial charge in [-0.2, -0.15) is 5.26 Å². The normalized spacial score (nSPS) is 13.4. The Morgan fingerprint density at radius 3 is 2.71 bits per heavy atom. The molecule has 2 heterocycles. The van der Waals surface area contributed by atoms with Gasteiger partial charge in [0.15, 0.2) is 0 Å². The number of nitrogens with one attached hydrogen (secondary N) is 1. The molecule has 34 heavy (non-hydrogen) atoms. The summed E-state index contributed by atoms with van der Waals surface area (Å²) in [5.74, 6) is 0.267. The molecular formula is C26H25N5O3. The van der Waals surface area contributed by atoms with Crippen molar-refractivity contribution < 1.29 is 14.3 Å². The van der Waals surface area contributed by atoms with Crippen LogP contribution in [0, 0.1) is 25.2 Å². The van der Waals surface area contributed by atoms with Crippen LogP contribution < -0.4 is 10.2 Å². The number of rotatable bonds is 6. The van der Waals surface area contributed by atoms with E-state index < -0.39 is 0 Å². The average Bonchev–Trinajstić information content (AvgIpc) is 2.85. The van der Waals surface area contributed by atoms with Gasteiger partial charge in [-0.25, -0.2) is 9.97 Å². The molecule has 8 nitrogen and oxygen atoms in total. The predicted molar refractivity (Wildman–Crippen MR) is 127 cm³/mol. The molecule has 1 aliphatic heterocycles. The summed E-state index contributed by atoms with van der Waals surface area (Å²) in [6, 6.07) is 13.1. The summed E-state index contributed by atoms with van der Waals surface area (Å²) in [4.78, 5) is 35.5. The zero-order valence-corrected chi connectivity index (χ0v) is 19.2. The minimum Gasteiger partial charge on any atom is -0.370 e. The van der Waals surface area contributed by atoms with Crippen molar-refractivity contribution in [1.82, 2.24) is 15.3 Å². The van der Waals surface area contributed by atoms with E-state index in [0.717, 1.165) is 11.1 Å². The van der Waals surface area contributed by atoms with Crippen LogP contribution in [0.1, 0.15) is 32.9 Å². The second kappa shape index (κ2) is 10.2. The van der Waals surface area contributed by atoms with E-state index >= 15 is 0 Å². The third-order valence-corrected chi connectivity index (χ3v) is 5.62. The molecule has 1 aromatic heterocycles. The van der Waals surface area contributed by atoms with Crippen molar-refractivity contribution in [2.24, 2.45) is 0 Å². The molecule has 0 unspecified atom stereocenters. The Kier molecular flexibility index (Phi) is 6.95. The number of anilines is 1. The summed E-state index contributed by atoms with van der Waals surface area (Å²) < 4.78 is 5.25. The van der Waals surface area contributed by atoms with Gasteiger partial charge in [-0.05, 0) is 66.8 Å². The van der Waals surface area contributed by atoms with E-state index in [9.17, 15) is 14.9 Å². The van der Waals surface area contributed by atoms with Crippen molar-refractivity contribution in [3.8, 4) is 17.2 Å². The number of carbonyl (C=O) groups excluding carboxylic acids is 2. The van der Waals surface area contributed by atoms with Gasteiger partial charge in [-0.15, -0.1) is 0 Å². The largest absolute Gasteiger partial charge is 0.370 e. The van der Waals surface area contributed by atoms with Gasteiger partial charge in [0, 0.05) is 36.7 Å². The van der Waals surface area contributed by atoms with Crippen molar-refractivity contribution in [3.05, 3.63) is 76.9 Å². The predicted octanol–water partition coefficient (Wildman–Crippen LogP) is 2.97. The number of aromatic nitrogens is 2. The summed E-state index contributed by atoms with van der Waals surface area (Å²) in [5.41, 5.74) is 4.84. The van der Waals surface area contributed by atoms with E-state index in [-0.39, 0.29) is 18.4 Å². The van der Waals surface area contributed by atoms with Gasteiger partial charge < -0.3 is 15.0 Å². The molecule has 4 rings (SSSR count). The van der Waals surface area contributed by atoms with Gasteiger partial charge in [-0.3, -0.25) is 9.59 Å². The highest BCUT2D eigenvalue weighted by atomic mass is 16.5. The smallest absolute Gasteiger partial charge is 0.253 e. The number of aryl methyl sites for hydroxylation is 2. The Bertz CT molecular complexity index is 1260. The van der Waals surface area contributed by atoms with Crippen LogP contribution in [0.25, 0.3) is 11.1 Å². The summed E-state index contributed by atoms with van der Waals surface area (Å²) in [6.07, 6.45) is 4.09. The molecule has 2 amide bonds. The van der Waals surface area contributed by atoms with E-state index in [0.29, 0.717) is 59.9 Å². The number of hydrogen-bond acceptors (Lipinski definition) is 6. The number of nitriles is 1. The van der Waals surface area contributed by atoms with Gasteiger partial charge in [-0.1, -0.05) is 12.1 Å². The molecule has 1 N–H and O–H groups in total. The minimum atomic E-state index is -0.262. The Labute approximate surface area is 198 Å². The lowest BCUT2D eigenvalue weighted by atomic mass is 9.96. The maximum atomic E-state index is 13.1. The first-order chi connectivity index (χ1) is 16.4. The third-order valence-electron chi connectivity index (χ3n) is 5.62. The van der Waals surface area contributed by atoms with Crippen LogP contribution in [0.3, 0.4) is 0 Å². The Hall–Kier alpha value is -4.09. The molecule has 8 heteroatoms. The molecule has 0 saturated carbocycles. The molecule has 0 atom stereocenters. The number of ether oxygens (including phenoxy) is 1. The Morgan fingerprint density at radius 1 is 1.18 bits per heavy atom. The van der Waals surface area contributed by atoms with E-state index in [1.165, 1.54) is 0 Å². The van der Waals surface area contributed by atoms with E-state index in [1.807, 2.05) is 38.1 Å². The molecule has 0 aliphatic carbocycles. The van der Waals surface area contributed by atoms with Crippen LogP contribution in [-0.2, 0) is 16.0 Å². The van der Waals surface area contributed by atoms with Crippen molar-refractivity contribution in [3.63, 3.8) is 0 Å². The maximum absolute atomic E-state index is 13.1. The van der Waals surface area contributed by atoms with Crippen LogP contribution >= 0.6 is 0 Å². The highest BCUT2D eigenvalue weighted by molar-refractivity contribution is 6.00. The summed E-state index contributed by atoms with van der Waals surface area (Å²) in [7, 11) is 0. The summed E-state index contributed by atoms with van der Waals surface area (Å²) in [6.45, 7) is 4.97. The highest BCUT2D eigenvalue weighted by Gasteiger charge is 2.22. The van der Waals surface area contributed by atoms with Crippen molar-refractivity contribution in [1.29, 1.82) is 5.26 Å². The Morgan fingerprint density at radius 2 is 1.97 bits per heavy atom. The van der Waals surface area contributed by atoms with Gasteiger partial charge in [0.2, 0.25) is 0 Å². The standard InChI is InChI=1S/C26H25N5O3/c1-17-3-4-24(22(9-17)13-27)20-10-21(12-23(11-20)31-7-8-34-16-25(31)32)26(33)28-6-5-19-14-29-18(2)30-15-19/h3-4,9-12,14-15H,5-8,16H2,1-2H3,(H,28,33). The third kappa shape index (κ3) is 5.27. The molecule has 172 valence electrons. The first kappa shape index (κ1) is 23.1. The molecule has 0 bridgehead atoms. The maximum Gasteiger partial charge on any atom is 0.253 e. The fraction of sp³-hybridized carbons (Fsp3) is 0.269. The van der Waals surface area contributed by atoms with Gasteiger partial charge in [0.25, 0.3) is 11.8 Å². The number of carbonyl (C=O) groups is 2.